The number of carbonyl (C=O) groups excluding carboxylic acids is 1. The number of ketones is 1. The summed E-state index contributed by atoms with van der Waals surface area (Å²) in [5.41, 5.74) is 3.46. The Bertz CT molecular complexity index is 392. The number of aliphatic hydroxyl groups excluding tert-OH is 1. The van der Waals surface area contributed by atoms with Gasteiger partial charge in [-0.25, -0.2) is 0 Å². The van der Waals surface area contributed by atoms with Crippen LogP contribution in [0.2, 0.25) is 0 Å². The van der Waals surface area contributed by atoms with Crippen LogP contribution in [0, 0.1) is 11.3 Å². The van der Waals surface area contributed by atoms with Crippen LogP contribution in [0.5, 0.6) is 0 Å². The molecule has 0 heterocycles. The van der Waals surface area contributed by atoms with Crippen molar-refractivity contribution >= 4 is 5.78 Å². The molecule has 2 atom stereocenters. The van der Waals surface area contributed by atoms with Crippen molar-refractivity contribution in [3.8, 4) is 0 Å². The van der Waals surface area contributed by atoms with E-state index in [2.05, 4.69) is 13.5 Å². The lowest BCUT2D eigenvalue weighted by atomic mass is 9.61. The third-order valence-corrected chi connectivity index (χ3v) is 4.78. The number of rotatable bonds is 2. The molecule has 0 aliphatic heterocycles. The third kappa shape index (κ3) is 2.11. The molecule has 2 aliphatic rings. The predicted octanol–water partition coefficient (Wildman–Crippen LogP) is 3.02. The van der Waals surface area contributed by atoms with E-state index in [0.29, 0.717) is 18.1 Å². The van der Waals surface area contributed by atoms with Crippen LogP contribution in [0.15, 0.2) is 23.3 Å². The van der Waals surface area contributed by atoms with Crippen LogP contribution in [0.3, 0.4) is 0 Å². The van der Waals surface area contributed by atoms with Crippen molar-refractivity contribution in [2.75, 3.05) is 6.61 Å². The van der Waals surface area contributed by atoms with E-state index < -0.39 is 0 Å². The van der Waals surface area contributed by atoms with Gasteiger partial charge in [-0.15, -0.1) is 0 Å². The van der Waals surface area contributed by atoms with Crippen molar-refractivity contribution in [3.63, 3.8) is 0 Å². The average Bonchev–Trinajstić information content (AvgIpc) is 2.33. The number of allylic oxidation sites excluding steroid dienone is 2. The summed E-state index contributed by atoms with van der Waals surface area (Å²) in [6.07, 6.45) is 4.85. The molecule has 17 heavy (non-hydrogen) atoms. The molecular formula is C15H22O2. The quantitative estimate of drug-likeness (QED) is 0.746. The van der Waals surface area contributed by atoms with Crippen LogP contribution in [-0.4, -0.2) is 17.5 Å². The highest BCUT2D eigenvalue weighted by atomic mass is 16.3. The Labute approximate surface area is 103 Å². The SMILES string of the molecule is C=C(CO)C1CCC2(C)CCC(=O)C(C)=C2C1. The van der Waals surface area contributed by atoms with E-state index in [4.69, 9.17) is 0 Å². The number of fused-ring (bicyclic) bond motifs is 1. The highest BCUT2D eigenvalue weighted by Crippen LogP contribution is 2.51. The molecule has 0 aromatic carbocycles. The molecule has 2 unspecified atom stereocenters. The van der Waals surface area contributed by atoms with Gasteiger partial charge in [-0.2, -0.15) is 0 Å². The third-order valence-electron chi connectivity index (χ3n) is 4.78. The second-order valence-electron chi connectivity index (χ2n) is 5.84. The molecule has 94 valence electrons. The first-order valence-electron chi connectivity index (χ1n) is 6.50. The molecule has 1 saturated carbocycles. The maximum absolute atomic E-state index is 11.8. The van der Waals surface area contributed by atoms with E-state index in [1.807, 2.05) is 6.92 Å². The molecule has 2 rings (SSSR count). The lowest BCUT2D eigenvalue weighted by Crippen LogP contribution is -2.34. The van der Waals surface area contributed by atoms with Gasteiger partial charge in [0.15, 0.2) is 5.78 Å². The zero-order chi connectivity index (χ0) is 12.6. The minimum atomic E-state index is 0.0711. The van der Waals surface area contributed by atoms with E-state index in [9.17, 15) is 9.90 Å². The molecule has 2 aliphatic carbocycles. The van der Waals surface area contributed by atoms with Crippen LogP contribution in [-0.2, 0) is 4.79 Å². The minimum Gasteiger partial charge on any atom is -0.392 e. The lowest BCUT2D eigenvalue weighted by molar-refractivity contribution is -0.117. The van der Waals surface area contributed by atoms with Crippen LogP contribution in [0.25, 0.3) is 0 Å². The molecule has 2 nitrogen and oxygen atoms in total. The van der Waals surface area contributed by atoms with Gasteiger partial charge in [0.05, 0.1) is 6.61 Å². The fourth-order valence-corrected chi connectivity index (χ4v) is 3.34. The van der Waals surface area contributed by atoms with E-state index in [1.54, 1.807) is 0 Å². The number of aliphatic hydroxyl groups is 1. The lowest BCUT2D eigenvalue weighted by Gasteiger charge is -2.44. The van der Waals surface area contributed by atoms with Gasteiger partial charge < -0.3 is 5.11 Å². The van der Waals surface area contributed by atoms with Gasteiger partial charge in [-0.1, -0.05) is 19.1 Å². The zero-order valence-electron chi connectivity index (χ0n) is 10.9. The molecule has 1 N–H and O–H groups in total. The van der Waals surface area contributed by atoms with Crippen LogP contribution >= 0.6 is 0 Å². The fraction of sp³-hybridized carbons (Fsp3) is 0.667. The van der Waals surface area contributed by atoms with E-state index >= 15 is 0 Å². The number of hydrogen-bond donors (Lipinski definition) is 1. The molecule has 0 bridgehead atoms. The smallest absolute Gasteiger partial charge is 0.158 e. The predicted molar refractivity (Wildman–Crippen MR) is 68.6 cm³/mol. The number of carbonyl (C=O) groups is 1. The summed E-state index contributed by atoms with van der Waals surface area (Å²) >= 11 is 0. The summed E-state index contributed by atoms with van der Waals surface area (Å²) in [4.78, 5) is 11.8. The molecule has 0 spiro atoms. The Kier molecular flexibility index (Phi) is 3.26. The molecule has 0 saturated heterocycles. The Balaban J connectivity index is 2.29. The maximum atomic E-state index is 11.8. The van der Waals surface area contributed by atoms with E-state index in [0.717, 1.165) is 36.8 Å². The normalized spacial score (nSPS) is 33.6. The average molecular weight is 234 g/mol. The van der Waals surface area contributed by atoms with Gasteiger partial charge >= 0.3 is 0 Å². The number of hydrogen-bond acceptors (Lipinski definition) is 2. The highest BCUT2D eigenvalue weighted by Gasteiger charge is 2.40. The van der Waals surface area contributed by atoms with Crippen molar-refractivity contribution in [1.29, 1.82) is 0 Å². The summed E-state index contributed by atoms with van der Waals surface area (Å²) in [5, 5.41) is 9.18. The van der Waals surface area contributed by atoms with Gasteiger partial charge in [0.1, 0.15) is 0 Å². The maximum Gasteiger partial charge on any atom is 0.158 e. The largest absolute Gasteiger partial charge is 0.392 e. The summed E-state index contributed by atoms with van der Waals surface area (Å²) in [5.74, 6) is 0.677. The fourth-order valence-electron chi connectivity index (χ4n) is 3.34. The Morgan fingerprint density at radius 1 is 1.53 bits per heavy atom. The topological polar surface area (TPSA) is 37.3 Å². The summed E-state index contributed by atoms with van der Waals surface area (Å²) in [6.45, 7) is 8.27. The zero-order valence-corrected chi connectivity index (χ0v) is 10.9. The molecule has 0 amide bonds. The first kappa shape index (κ1) is 12.6. The van der Waals surface area contributed by atoms with Gasteiger partial charge in [-0.05, 0) is 55.1 Å². The Hall–Kier alpha value is -0.890. The van der Waals surface area contributed by atoms with Gasteiger partial charge in [0, 0.05) is 6.42 Å². The van der Waals surface area contributed by atoms with Crippen molar-refractivity contribution in [2.24, 2.45) is 11.3 Å². The Morgan fingerprint density at radius 3 is 2.88 bits per heavy atom. The number of Topliss-reactive ketones (excluding diaryl/α,β-unsaturated/α-hetero) is 1. The van der Waals surface area contributed by atoms with Crippen molar-refractivity contribution < 1.29 is 9.90 Å². The van der Waals surface area contributed by atoms with Crippen LogP contribution in [0.4, 0.5) is 0 Å². The molecule has 2 heteroatoms. The highest BCUT2D eigenvalue weighted by molar-refractivity contribution is 5.96. The second-order valence-corrected chi connectivity index (χ2v) is 5.84. The van der Waals surface area contributed by atoms with Crippen LogP contribution < -0.4 is 0 Å². The summed E-state index contributed by atoms with van der Waals surface area (Å²) < 4.78 is 0. The van der Waals surface area contributed by atoms with Crippen LogP contribution in [0.1, 0.15) is 46.0 Å². The van der Waals surface area contributed by atoms with E-state index in [1.165, 1.54) is 5.57 Å². The molecule has 0 aromatic rings. The second kappa shape index (κ2) is 4.41. The van der Waals surface area contributed by atoms with Crippen molar-refractivity contribution in [1.82, 2.24) is 0 Å². The summed E-state index contributed by atoms with van der Waals surface area (Å²) in [6, 6.07) is 0. The van der Waals surface area contributed by atoms with E-state index in [-0.39, 0.29) is 12.0 Å². The standard InChI is InChI=1S/C15H22O2/c1-10(9-16)12-4-6-15(3)7-5-14(17)11(2)13(15)8-12/h12,16H,1,4-9H2,2-3H3. The first-order chi connectivity index (χ1) is 7.98. The molecule has 1 fully saturated rings. The first-order valence-corrected chi connectivity index (χ1v) is 6.50. The van der Waals surface area contributed by atoms with Gasteiger partial charge in [0.25, 0.3) is 0 Å². The molecular weight excluding hydrogens is 212 g/mol. The minimum absolute atomic E-state index is 0.0711. The molecule has 0 aromatic heterocycles. The summed E-state index contributed by atoms with van der Waals surface area (Å²) in [7, 11) is 0. The molecule has 0 radical (unpaired) electrons. The van der Waals surface area contributed by atoms with Gasteiger partial charge in [-0.3, -0.25) is 4.79 Å². The van der Waals surface area contributed by atoms with Gasteiger partial charge in [0.2, 0.25) is 0 Å². The van der Waals surface area contributed by atoms with Crippen molar-refractivity contribution in [2.45, 2.75) is 46.0 Å². The monoisotopic (exact) mass is 234 g/mol. The van der Waals surface area contributed by atoms with Crippen molar-refractivity contribution in [3.05, 3.63) is 23.3 Å². The Morgan fingerprint density at radius 2 is 2.24 bits per heavy atom.